The van der Waals surface area contributed by atoms with Crippen molar-refractivity contribution in [3.8, 4) is 0 Å². The number of imide groups is 2. The van der Waals surface area contributed by atoms with Crippen molar-refractivity contribution >= 4 is 52.9 Å². The molecule has 0 atom stereocenters. The minimum Gasteiger partial charge on any atom is -1.00 e. The third-order valence-electron chi connectivity index (χ3n) is 4.80. The Balaban J connectivity index is -0.000000113. The molecule has 13 nitrogen and oxygen atoms in total. The summed E-state index contributed by atoms with van der Waals surface area (Å²) in [6, 6.07) is 13.6. The SMILES string of the molecule is CCC.CCCC(=O)O.CCCC(N)=O.CCN.CCN1C(=O)c2ccccc2C1=O.NN.O=C1NC(=O)c2ccccc21.[AlH3].[H-].[Li+]. The molecule has 15 heteroatoms. The van der Waals surface area contributed by atoms with Gasteiger partial charge in [0.05, 0.1) is 22.3 Å². The Labute approximate surface area is 297 Å². The molecule has 0 unspecified atom stereocenters. The van der Waals surface area contributed by atoms with E-state index < -0.39 is 5.97 Å². The molecule has 0 aliphatic carbocycles. The average molecular weight is 657 g/mol. The number of carboxylic acid groups (broad SMARTS) is 1. The first kappa shape index (κ1) is 52.2. The maximum Gasteiger partial charge on any atom is 1.00 e. The second-order valence-electron chi connectivity index (χ2n) is 8.70. The van der Waals surface area contributed by atoms with Gasteiger partial charge in [-0.15, -0.1) is 0 Å². The summed E-state index contributed by atoms with van der Waals surface area (Å²) in [4.78, 5) is 65.6. The Hall–Kier alpha value is -3.33. The summed E-state index contributed by atoms with van der Waals surface area (Å²) in [5.74, 6) is 6.12. The number of nitrogens with two attached hydrogens (primary N) is 4. The number of aliphatic carboxylic acids is 1. The number of hydrogen-bond donors (Lipinski definition) is 6. The van der Waals surface area contributed by atoms with Crippen LogP contribution in [-0.4, -0.2) is 76.0 Å². The van der Waals surface area contributed by atoms with Crippen molar-refractivity contribution in [2.24, 2.45) is 23.2 Å². The van der Waals surface area contributed by atoms with Gasteiger partial charge in [0, 0.05) is 19.4 Å². The number of benzene rings is 2. The van der Waals surface area contributed by atoms with Gasteiger partial charge >= 0.3 is 24.8 Å². The molecule has 2 heterocycles. The first-order valence-electron chi connectivity index (χ1n) is 14.3. The van der Waals surface area contributed by atoms with E-state index in [1.54, 1.807) is 55.5 Å². The van der Waals surface area contributed by atoms with Gasteiger partial charge in [0.25, 0.3) is 23.6 Å². The predicted octanol–water partition coefficient (Wildman–Crippen LogP) is -0.852. The van der Waals surface area contributed by atoms with Crippen LogP contribution in [0, 0.1) is 0 Å². The van der Waals surface area contributed by atoms with E-state index in [9.17, 15) is 28.8 Å². The number of hydrazine groups is 1. The van der Waals surface area contributed by atoms with Crippen molar-refractivity contribution in [2.75, 3.05) is 13.1 Å². The van der Waals surface area contributed by atoms with Gasteiger partial charge in [-0.2, -0.15) is 0 Å². The number of hydrogen-bond acceptors (Lipinski definition) is 9. The molecular weight excluding hydrogens is 602 g/mol. The Bertz CT molecular complexity index is 1110. The molecule has 0 aromatic heterocycles. The number of primary amides is 1. The number of fused-ring (bicyclic) bond motifs is 2. The normalized spacial score (nSPS) is 10.8. The molecule has 10 N–H and O–H groups in total. The van der Waals surface area contributed by atoms with E-state index in [-0.39, 0.29) is 67.2 Å². The zero-order valence-electron chi connectivity index (χ0n) is 28.7. The number of carbonyl (C=O) groups is 6. The van der Waals surface area contributed by atoms with E-state index >= 15 is 0 Å². The average Bonchev–Trinajstić information content (AvgIpc) is 3.42. The smallest absolute Gasteiger partial charge is 1.00 e. The van der Waals surface area contributed by atoms with Crippen molar-refractivity contribution in [3.05, 3.63) is 70.8 Å². The van der Waals surface area contributed by atoms with Gasteiger partial charge < -0.3 is 18.0 Å². The number of carboxylic acids is 1. The summed E-state index contributed by atoms with van der Waals surface area (Å²) < 4.78 is 0. The van der Waals surface area contributed by atoms with Gasteiger partial charge in [0.2, 0.25) is 5.91 Å². The van der Waals surface area contributed by atoms with E-state index in [2.05, 4.69) is 30.8 Å². The van der Waals surface area contributed by atoms with E-state index in [1.807, 2.05) is 20.8 Å². The maximum absolute atomic E-state index is 11.5. The van der Waals surface area contributed by atoms with Gasteiger partial charge in [-0.3, -0.25) is 50.7 Å². The van der Waals surface area contributed by atoms with Crippen molar-refractivity contribution < 1.29 is 54.2 Å². The number of carbonyl (C=O) groups excluding carboxylic acids is 5. The Morgan fingerprint density at radius 2 is 1.04 bits per heavy atom. The molecule has 0 radical (unpaired) electrons. The number of amides is 5. The molecule has 0 fully saturated rings. The van der Waals surface area contributed by atoms with Crippen LogP contribution >= 0.6 is 0 Å². The fourth-order valence-corrected chi connectivity index (χ4v) is 3.10. The minimum absolute atomic E-state index is 0. The molecule has 2 aliphatic rings. The van der Waals surface area contributed by atoms with Crippen LogP contribution in [0.4, 0.5) is 0 Å². The van der Waals surface area contributed by atoms with Gasteiger partial charge in [-0.05, 0) is 50.6 Å². The maximum atomic E-state index is 11.5. The topological polar surface area (TPSA) is 242 Å². The van der Waals surface area contributed by atoms with Gasteiger partial charge in [-0.1, -0.05) is 65.3 Å². The molecule has 0 saturated carbocycles. The largest absolute Gasteiger partial charge is 1.00 e. The van der Waals surface area contributed by atoms with E-state index in [0.717, 1.165) is 19.4 Å². The minimum atomic E-state index is -0.711. The summed E-state index contributed by atoms with van der Waals surface area (Å²) in [6.45, 7) is 12.9. The van der Waals surface area contributed by atoms with Crippen LogP contribution in [-0.2, 0) is 9.59 Å². The van der Waals surface area contributed by atoms with Crippen LogP contribution in [0.3, 0.4) is 0 Å². The fraction of sp³-hybridized carbons (Fsp3) is 0.419. The van der Waals surface area contributed by atoms with Crippen LogP contribution in [0.15, 0.2) is 48.5 Å². The first-order valence-corrected chi connectivity index (χ1v) is 14.3. The summed E-state index contributed by atoms with van der Waals surface area (Å²) in [5, 5.41) is 10.1. The third kappa shape index (κ3) is 21.4. The molecular formula is C31H54AlLiN6O7. The number of nitrogens with one attached hydrogen (secondary N) is 1. The van der Waals surface area contributed by atoms with Crippen LogP contribution in [0.5, 0.6) is 0 Å². The molecule has 2 aromatic rings. The second-order valence-corrected chi connectivity index (χ2v) is 8.70. The Morgan fingerprint density at radius 1 is 0.739 bits per heavy atom. The third-order valence-corrected chi connectivity index (χ3v) is 4.80. The predicted molar refractivity (Wildman–Crippen MR) is 182 cm³/mol. The van der Waals surface area contributed by atoms with Crippen LogP contribution < -0.4 is 47.3 Å². The Kier molecular flexibility index (Phi) is 37.5. The number of nitrogens with zero attached hydrogens (tertiary/aromatic N) is 1. The van der Waals surface area contributed by atoms with Gasteiger partial charge in [-0.25, -0.2) is 0 Å². The summed E-state index contributed by atoms with van der Waals surface area (Å²) in [5.41, 5.74) is 11.6. The molecule has 0 spiro atoms. The molecule has 2 aromatic carbocycles. The van der Waals surface area contributed by atoms with Crippen LogP contribution in [0.25, 0.3) is 0 Å². The van der Waals surface area contributed by atoms with E-state index in [0.29, 0.717) is 41.6 Å². The van der Waals surface area contributed by atoms with Crippen molar-refractivity contribution in [1.82, 2.24) is 10.2 Å². The fourth-order valence-electron chi connectivity index (χ4n) is 3.10. The molecule has 0 bridgehead atoms. The van der Waals surface area contributed by atoms with Crippen molar-refractivity contribution in [1.29, 1.82) is 0 Å². The second kappa shape index (κ2) is 33.0. The van der Waals surface area contributed by atoms with Crippen LogP contribution in [0.2, 0.25) is 0 Å². The van der Waals surface area contributed by atoms with Crippen molar-refractivity contribution in [2.45, 2.75) is 73.6 Å². The monoisotopic (exact) mass is 656 g/mol. The molecule has 0 saturated heterocycles. The standard InChI is InChI=1S/C10H9NO2.C8H5NO2.C4H9NO.C4H8O2.C3H8.C2H7N.Al.Li.H4N2.4H/c1-2-11-9(12)7-5-3-4-6-8(7)10(11)13;10-7-5-3-1-2-4-6(5)8(11)9-7;2*1-2-3-4(5)6;1-3-2;1-2-3;;;1-2;;;;/h3-6H,2H2,1H3;1-4H,(H,9,10,11);2-3H2,1H3,(H2,5,6);2-3H2,1H3,(H,5,6);3H2,1-2H3;2-3H2,1H3;;;1-2H2;;;;/q;;;;;;;+1;;;;;-1. The molecule has 2 aliphatic heterocycles. The van der Waals surface area contributed by atoms with Crippen molar-refractivity contribution in [3.63, 3.8) is 0 Å². The van der Waals surface area contributed by atoms with Crippen LogP contribution in [0.1, 0.15) is 117 Å². The quantitative estimate of drug-likeness (QED) is 0.101. The molecule has 4 rings (SSSR count). The zero-order valence-corrected chi connectivity index (χ0v) is 27.7. The summed E-state index contributed by atoms with van der Waals surface area (Å²) >= 11 is 0. The molecule has 46 heavy (non-hydrogen) atoms. The molecule has 254 valence electrons. The summed E-state index contributed by atoms with van der Waals surface area (Å²) in [6.07, 6.45) is 3.64. The van der Waals surface area contributed by atoms with Gasteiger partial charge in [0.1, 0.15) is 0 Å². The van der Waals surface area contributed by atoms with E-state index in [1.165, 1.54) is 11.3 Å². The number of rotatable bonds is 5. The Morgan fingerprint density at radius 3 is 1.24 bits per heavy atom. The first-order chi connectivity index (χ1) is 20.9. The zero-order chi connectivity index (χ0) is 34.7. The molecule has 5 amide bonds. The van der Waals surface area contributed by atoms with Gasteiger partial charge in [0.15, 0.2) is 17.4 Å². The summed E-state index contributed by atoms with van der Waals surface area (Å²) in [7, 11) is 0. The van der Waals surface area contributed by atoms with E-state index in [4.69, 9.17) is 16.6 Å².